The summed E-state index contributed by atoms with van der Waals surface area (Å²) in [5, 5.41) is 22.2. The summed E-state index contributed by atoms with van der Waals surface area (Å²) in [5.74, 6) is 0.714. The first-order valence-electron chi connectivity index (χ1n) is 8.51. The molecule has 1 aliphatic rings. The summed E-state index contributed by atoms with van der Waals surface area (Å²) in [7, 11) is 0. The molecule has 2 heterocycles. The molecule has 1 saturated heterocycles. The Bertz CT molecular complexity index is 778. The third-order valence-corrected chi connectivity index (χ3v) is 4.36. The van der Waals surface area contributed by atoms with Gasteiger partial charge in [0.25, 0.3) is 5.69 Å². The number of aromatic nitrogens is 2. The molecule has 1 fully saturated rings. The Labute approximate surface area is 154 Å². The van der Waals surface area contributed by atoms with Gasteiger partial charge in [0.1, 0.15) is 5.75 Å². The molecular weight excluding hydrogens is 360 g/mol. The number of rotatable bonds is 7. The Morgan fingerprint density at radius 2 is 2.26 bits per heavy atom. The Balaban J connectivity index is 1.68. The van der Waals surface area contributed by atoms with Gasteiger partial charge in [0.05, 0.1) is 4.92 Å². The zero-order chi connectivity index (χ0) is 19.2. The Kier molecular flexibility index (Phi) is 6.07. The maximum Gasteiger partial charge on any atom is 0.387 e. The van der Waals surface area contributed by atoms with Crippen molar-refractivity contribution in [2.24, 2.45) is 0 Å². The van der Waals surface area contributed by atoms with E-state index in [0.717, 1.165) is 31.3 Å². The summed E-state index contributed by atoms with van der Waals surface area (Å²) in [5.41, 5.74) is 0.152. The van der Waals surface area contributed by atoms with Gasteiger partial charge in [-0.1, -0.05) is 0 Å². The first kappa shape index (κ1) is 18.9. The van der Waals surface area contributed by atoms with Gasteiger partial charge in [0.15, 0.2) is 5.82 Å². The lowest BCUT2D eigenvalue weighted by molar-refractivity contribution is -0.385. The number of hydrogen-bond acceptors (Lipinski definition) is 7. The van der Waals surface area contributed by atoms with E-state index in [1.807, 2.05) is 12.1 Å². The number of benzene rings is 1. The largest absolute Gasteiger partial charge is 0.434 e. The molecule has 1 aromatic carbocycles. The van der Waals surface area contributed by atoms with Gasteiger partial charge < -0.3 is 15.0 Å². The lowest BCUT2D eigenvalue weighted by Crippen LogP contribution is -2.45. The van der Waals surface area contributed by atoms with Crippen molar-refractivity contribution in [1.29, 1.82) is 0 Å². The normalized spacial score (nSPS) is 17.1. The zero-order valence-corrected chi connectivity index (χ0v) is 14.4. The van der Waals surface area contributed by atoms with Crippen LogP contribution in [0.25, 0.3) is 0 Å². The van der Waals surface area contributed by atoms with Crippen LogP contribution in [0.2, 0.25) is 0 Å². The minimum atomic E-state index is -2.99. The molecule has 1 aromatic heterocycles. The predicted octanol–water partition coefficient (Wildman–Crippen LogP) is 2.74. The number of hydrogen-bond donors (Lipinski definition) is 1. The van der Waals surface area contributed by atoms with Gasteiger partial charge in [-0.25, -0.2) is 0 Å². The smallest absolute Gasteiger partial charge is 0.387 e. The monoisotopic (exact) mass is 379 g/mol. The topological polar surface area (TPSA) is 93.4 Å². The van der Waals surface area contributed by atoms with Crippen LogP contribution in [0.4, 0.5) is 20.3 Å². The average molecular weight is 379 g/mol. The molecule has 1 atom stereocenters. The van der Waals surface area contributed by atoms with Gasteiger partial charge in [0, 0.05) is 49.6 Å². The molecule has 1 aliphatic heterocycles. The molecule has 1 unspecified atom stereocenters. The summed E-state index contributed by atoms with van der Waals surface area (Å²) < 4.78 is 29.7. The maximum absolute atomic E-state index is 12.6. The van der Waals surface area contributed by atoms with Crippen LogP contribution in [-0.2, 0) is 6.54 Å². The van der Waals surface area contributed by atoms with E-state index in [2.05, 4.69) is 25.2 Å². The second-order valence-electron chi connectivity index (χ2n) is 6.18. The third-order valence-electron chi connectivity index (χ3n) is 4.36. The van der Waals surface area contributed by atoms with Crippen molar-refractivity contribution in [3.8, 4) is 5.75 Å². The molecule has 3 rings (SSSR count). The number of nitrogens with one attached hydrogen (secondary N) is 1. The van der Waals surface area contributed by atoms with Crippen LogP contribution in [0.5, 0.6) is 5.75 Å². The number of nitro benzene ring substituents is 1. The highest BCUT2D eigenvalue weighted by atomic mass is 19.3. The van der Waals surface area contributed by atoms with Crippen molar-refractivity contribution in [2.75, 3.05) is 18.0 Å². The van der Waals surface area contributed by atoms with Crippen LogP contribution in [0.15, 0.2) is 36.5 Å². The lowest BCUT2D eigenvalue weighted by Gasteiger charge is -2.33. The molecule has 0 saturated carbocycles. The molecular formula is C17H19F2N5O3. The van der Waals surface area contributed by atoms with Crippen LogP contribution in [0.1, 0.15) is 18.4 Å². The van der Waals surface area contributed by atoms with E-state index in [1.54, 1.807) is 6.20 Å². The molecule has 0 spiro atoms. The highest BCUT2D eigenvalue weighted by Crippen LogP contribution is 2.26. The number of piperidine rings is 1. The van der Waals surface area contributed by atoms with E-state index in [9.17, 15) is 18.9 Å². The van der Waals surface area contributed by atoms with Crippen molar-refractivity contribution in [3.63, 3.8) is 0 Å². The SMILES string of the molecule is O=[N+]([O-])c1ccc(OC(F)F)c(CNC2CCCN(c3cccnn3)C2)c1. The molecule has 0 radical (unpaired) electrons. The van der Waals surface area contributed by atoms with Gasteiger partial charge in [-0.05, 0) is 31.0 Å². The summed E-state index contributed by atoms with van der Waals surface area (Å²) in [6, 6.07) is 7.39. The first-order valence-corrected chi connectivity index (χ1v) is 8.51. The number of ether oxygens (including phenoxy) is 1. The summed E-state index contributed by atoms with van der Waals surface area (Å²) in [4.78, 5) is 12.5. The van der Waals surface area contributed by atoms with Gasteiger partial charge >= 0.3 is 6.61 Å². The van der Waals surface area contributed by atoms with Crippen molar-refractivity contribution in [3.05, 3.63) is 52.2 Å². The molecule has 0 bridgehead atoms. The fourth-order valence-electron chi connectivity index (χ4n) is 3.10. The number of non-ortho nitro benzene ring substituents is 1. The van der Waals surface area contributed by atoms with E-state index in [1.165, 1.54) is 12.1 Å². The summed E-state index contributed by atoms with van der Waals surface area (Å²) in [6.45, 7) is -1.28. The van der Waals surface area contributed by atoms with Gasteiger partial charge in [-0.2, -0.15) is 13.9 Å². The quantitative estimate of drug-likeness (QED) is 0.584. The standard InChI is InChI=1S/C17H19F2N5O3/c18-17(19)27-15-6-5-14(24(25)26)9-12(15)10-20-13-3-2-8-23(11-13)16-4-1-7-21-22-16/h1,4-7,9,13,17,20H,2-3,8,10-11H2. The Hall–Kier alpha value is -2.88. The Morgan fingerprint density at radius 1 is 1.41 bits per heavy atom. The summed E-state index contributed by atoms with van der Waals surface area (Å²) in [6.07, 6.45) is 3.44. The van der Waals surface area contributed by atoms with Crippen LogP contribution in [0, 0.1) is 10.1 Å². The van der Waals surface area contributed by atoms with Crippen molar-refractivity contribution in [2.45, 2.75) is 32.0 Å². The molecule has 0 aliphatic carbocycles. The van der Waals surface area contributed by atoms with Crippen molar-refractivity contribution in [1.82, 2.24) is 15.5 Å². The van der Waals surface area contributed by atoms with Crippen LogP contribution in [0.3, 0.4) is 0 Å². The molecule has 1 N–H and O–H groups in total. The van der Waals surface area contributed by atoms with Gasteiger partial charge in [0.2, 0.25) is 0 Å². The van der Waals surface area contributed by atoms with E-state index in [-0.39, 0.29) is 24.0 Å². The molecule has 144 valence electrons. The number of nitrogens with zero attached hydrogens (tertiary/aromatic N) is 4. The number of nitro groups is 1. The summed E-state index contributed by atoms with van der Waals surface area (Å²) >= 11 is 0. The van der Waals surface area contributed by atoms with Crippen LogP contribution >= 0.6 is 0 Å². The van der Waals surface area contributed by atoms with Crippen LogP contribution in [-0.4, -0.2) is 40.9 Å². The number of halogens is 2. The van der Waals surface area contributed by atoms with Gasteiger partial charge in [-0.15, -0.1) is 5.10 Å². The molecule has 27 heavy (non-hydrogen) atoms. The Morgan fingerprint density at radius 3 is 2.96 bits per heavy atom. The second-order valence-corrected chi connectivity index (χ2v) is 6.18. The van der Waals surface area contributed by atoms with E-state index >= 15 is 0 Å². The predicted molar refractivity (Wildman–Crippen MR) is 93.8 cm³/mol. The molecule has 8 nitrogen and oxygen atoms in total. The molecule has 2 aromatic rings. The zero-order valence-electron chi connectivity index (χ0n) is 14.4. The highest BCUT2D eigenvalue weighted by Gasteiger charge is 2.22. The minimum absolute atomic E-state index is 0.0651. The first-order chi connectivity index (χ1) is 13.0. The van der Waals surface area contributed by atoms with E-state index < -0.39 is 11.5 Å². The number of anilines is 1. The molecule has 10 heteroatoms. The van der Waals surface area contributed by atoms with Crippen LogP contribution < -0.4 is 15.0 Å². The maximum atomic E-state index is 12.6. The minimum Gasteiger partial charge on any atom is -0.434 e. The highest BCUT2D eigenvalue weighted by molar-refractivity contribution is 5.44. The second kappa shape index (κ2) is 8.67. The van der Waals surface area contributed by atoms with Gasteiger partial charge in [-0.3, -0.25) is 10.1 Å². The van der Waals surface area contributed by atoms with E-state index in [4.69, 9.17) is 0 Å². The van der Waals surface area contributed by atoms with E-state index in [0.29, 0.717) is 12.1 Å². The third kappa shape index (κ3) is 5.07. The van der Waals surface area contributed by atoms with Crippen molar-refractivity contribution >= 4 is 11.5 Å². The average Bonchev–Trinajstić information content (AvgIpc) is 2.67. The fourth-order valence-corrected chi connectivity index (χ4v) is 3.10. The number of alkyl halides is 2. The molecule has 0 amide bonds. The van der Waals surface area contributed by atoms with Crippen molar-refractivity contribution < 1.29 is 18.4 Å². The lowest BCUT2D eigenvalue weighted by atomic mass is 10.0. The fraction of sp³-hybridized carbons (Fsp3) is 0.412.